The van der Waals surface area contributed by atoms with Gasteiger partial charge in [0.1, 0.15) is 5.75 Å². The molecule has 0 bridgehead atoms. The monoisotopic (exact) mass is 277 g/mol. The molecule has 1 saturated heterocycles. The number of piperidine rings is 1. The maximum Gasteiger partial charge on any atom is 0.238 e. The number of hydrazine groups is 1. The van der Waals surface area contributed by atoms with E-state index in [0.29, 0.717) is 12.3 Å². The van der Waals surface area contributed by atoms with Crippen LogP contribution in [0, 0.1) is 0 Å². The van der Waals surface area contributed by atoms with Gasteiger partial charge in [0.25, 0.3) is 0 Å². The summed E-state index contributed by atoms with van der Waals surface area (Å²) in [6.07, 6.45) is 1.68. The van der Waals surface area contributed by atoms with Gasteiger partial charge in [-0.1, -0.05) is 0 Å². The zero-order valence-corrected chi connectivity index (χ0v) is 11.5. The average molecular weight is 277 g/mol. The van der Waals surface area contributed by atoms with Gasteiger partial charge >= 0.3 is 0 Å². The smallest absolute Gasteiger partial charge is 0.238 e. The van der Waals surface area contributed by atoms with Crippen molar-refractivity contribution in [3.05, 3.63) is 23.8 Å². The molecule has 1 amide bonds. The lowest BCUT2D eigenvalue weighted by Gasteiger charge is -2.41. The molecule has 20 heavy (non-hydrogen) atoms. The summed E-state index contributed by atoms with van der Waals surface area (Å²) in [5.41, 5.74) is 1.56. The van der Waals surface area contributed by atoms with Gasteiger partial charge in [-0.25, -0.2) is 10.9 Å². The van der Waals surface area contributed by atoms with Gasteiger partial charge in [-0.05, 0) is 18.2 Å². The van der Waals surface area contributed by atoms with E-state index in [1.54, 1.807) is 6.07 Å². The number of nitrogens with two attached hydrogens (primary N) is 1. The Hall–Kier alpha value is -1.63. The Morgan fingerprint density at radius 1 is 1.40 bits per heavy atom. The molecule has 3 N–H and O–H groups in total. The summed E-state index contributed by atoms with van der Waals surface area (Å²) in [4.78, 5) is 11.3. The Balaban J connectivity index is 1.83. The van der Waals surface area contributed by atoms with Crippen LogP contribution in [0.25, 0.3) is 0 Å². The number of nitrogens with one attached hydrogen (secondary N) is 1. The lowest BCUT2D eigenvalue weighted by molar-refractivity contribution is -0.218. The molecular weight excluding hydrogens is 258 g/mol. The second kappa shape index (κ2) is 5.05. The molecule has 0 aliphatic carbocycles. The van der Waals surface area contributed by atoms with Crippen molar-refractivity contribution < 1.29 is 14.3 Å². The molecule has 3 rings (SSSR count). The molecule has 0 radical (unpaired) electrons. The molecule has 6 heteroatoms. The average Bonchev–Trinajstić information content (AvgIpc) is 2.46. The van der Waals surface area contributed by atoms with Crippen LogP contribution in [0.15, 0.2) is 18.2 Å². The van der Waals surface area contributed by atoms with Gasteiger partial charge in [-0.2, -0.15) is 0 Å². The number of carbonyl (C=O) groups is 1. The lowest BCUT2D eigenvalue weighted by Crippen LogP contribution is -2.50. The van der Waals surface area contributed by atoms with Crippen LogP contribution in [0.5, 0.6) is 5.75 Å². The maximum absolute atomic E-state index is 11.3. The van der Waals surface area contributed by atoms with Gasteiger partial charge in [-0.15, -0.1) is 0 Å². The van der Waals surface area contributed by atoms with E-state index in [1.807, 2.05) is 12.1 Å². The van der Waals surface area contributed by atoms with E-state index >= 15 is 0 Å². The van der Waals surface area contributed by atoms with Crippen molar-refractivity contribution in [2.45, 2.75) is 32.2 Å². The first-order chi connectivity index (χ1) is 9.60. The Kier molecular flexibility index (Phi) is 3.37. The molecule has 1 fully saturated rings. The summed E-state index contributed by atoms with van der Waals surface area (Å²) < 4.78 is 12.0. The quantitative estimate of drug-likeness (QED) is 0.453. The third-order valence-electron chi connectivity index (χ3n) is 3.81. The Bertz CT molecular complexity index is 526. The van der Waals surface area contributed by atoms with E-state index in [1.165, 1.54) is 6.92 Å². The number of fused-ring (bicyclic) bond motifs is 1. The van der Waals surface area contributed by atoms with E-state index in [-0.39, 0.29) is 5.91 Å². The molecule has 6 nitrogen and oxygen atoms in total. The largest absolute Gasteiger partial charge is 0.462 e. The number of hydrogen-bond donors (Lipinski definition) is 2. The second-order valence-corrected chi connectivity index (χ2v) is 5.23. The summed E-state index contributed by atoms with van der Waals surface area (Å²) >= 11 is 0. The third kappa shape index (κ3) is 2.37. The van der Waals surface area contributed by atoms with Crippen molar-refractivity contribution in [3.8, 4) is 5.75 Å². The van der Waals surface area contributed by atoms with E-state index in [2.05, 4.69) is 5.32 Å². The molecule has 108 valence electrons. The van der Waals surface area contributed by atoms with E-state index < -0.39 is 5.79 Å². The summed E-state index contributed by atoms with van der Waals surface area (Å²) in [6.45, 7) is 3.70. The third-order valence-corrected chi connectivity index (χ3v) is 3.81. The number of ether oxygens (including phenoxy) is 2. The summed E-state index contributed by atoms with van der Waals surface area (Å²) in [6, 6.07) is 5.49. The standard InChI is InChI=1S/C14H19N3O3/c1-10(18)17(15)12-2-3-13-11(8-12)9-19-14(20-13)4-6-16-7-5-14/h2-3,8,16H,4-7,9,15H2,1H3. The maximum atomic E-state index is 11.3. The molecule has 2 aliphatic rings. The number of rotatable bonds is 1. The Labute approximate surface area is 117 Å². The molecule has 2 aliphatic heterocycles. The molecule has 0 unspecified atom stereocenters. The van der Waals surface area contributed by atoms with Gasteiger partial charge in [0.15, 0.2) is 0 Å². The highest BCUT2D eigenvalue weighted by Gasteiger charge is 2.38. The predicted molar refractivity (Wildman–Crippen MR) is 74.0 cm³/mol. The van der Waals surface area contributed by atoms with Crippen LogP contribution in [-0.2, 0) is 16.1 Å². The van der Waals surface area contributed by atoms with Crippen LogP contribution in [0.3, 0.4) is 0 Å². The van der Waals surface area contributed by atoms with Gasteiger partial charge in [0.2, 0.25) is 11.7 Å². The number of benzene rings is 1. The summed E-state index contributed by atoms with van der Waals surface area (Å²) in [5.74, 6) is 5.81. The van der Waals surface area contributed by atoms with Gasteiger partial charge < -0.3 is 14.8 Å². The van der Waals surface area contributed by atoms with Crippen LogP contribution in [0.1, 0.15) is 25.3 Å². The molecule has 2 heterocycles. The fourth-order valence-corrected chi connectivity index (χ4v) is 2.60. The first-order valence-electron chi connectivity index (χ1n) is 6.82. The van der Waals surface area contributed by atoms with Crippen LogP contribution in [0.2, 0.25) is 0 Å². The Morgan fingerprint density at radius 3 is 2.85 bits per heavy atom. The molecule has 1 spiro atoms. The van der Waals surface area contributed by atoms with E-state index in [9.17, 15) is 4.79 Å². The van der Waals surface area contributed by atoms with Crippen molar-refractivity contribution >= 4 is 11.6 Å². The molecule has 0 aromatic heterocycles. The SMILES string of the molecule is CC(=O)N(N)c1ccc2c(c1)COC1(CCNCC1)O2. The van der Waals surface area contributed by atoms with Crippen LogP contribution >= 0.6 is 0 Å². The fraction of sp³-hybridized carbons (Fsp3) is 0.500. The highest BCUT2D eigenvalue weighted by molar-refractivity contribution is 5.90. The van der Waals surface area contributed by atoms with Gasteiger partial charge in [-0.3, -0.25) is 4.79 Å². The number of anilines is 1. The van der Waals surface area contributed by atoms with Crippen LogP contribution < -0.4 is 20.9 Å². The minimum Gasteiger partial charge on any atom is -0.462 e. The van der Waals surface area contributed by atoms with E-state index in [0.717, 1.165) is 42.3 Å². The lowest BCUT2D eigenvalue weighted by atomic mass is 10.0. The first kappa shape index (κ1) is 13.4. The summed E-state index contributed by atoms with van der Waals surface area (Å²) in [7, 11) is 0. The van der Waals surface area contributed by atoms with Crippen molar-refractivity contribution in [1.29, 1.82) is 0 Å². The second-order valence-electron chi connectivity index (χ2n) is 5.23. The van der Waals surface area contributed by atoms with Crippen molar-refractivity contribution in [2.75, 3.05) is 18.1 Å². The molecule has 0 atom stereocenters. The zero-order chi connectivity index (χ0) is 14.2. The fourth-order valence-electron chi connectivity index (χ4n) is 2.60. The molecule has 0 saturated carbocycles. The van der Waals surface area contributed by atoms with Crippen molar-refractivity contribution in [3.63, 3.8) is 0 Å². The first-order valence-corrected chi connectivity index (χ1v) is 6.82. The normalized spacial score (nSPS) is 20.1. The minimum absolute atomic E-state index is 0.211. The number of carbonyl (C=O) groups excluding carboxylic acids is 1. The summed E-state index contributed by atoms with van der Waals surface area (Å²) in [5, 5.41) is 4.42. The Morgan fingerprint density at radius 2 is 2.15 bits per heavy atom. The molecule has 1 aromatic carbocycles. The molecule has 1 aromatic rings. The van der Waals surface area contributed by atoms with Gasteiger partial charge in [0, 0.05) is 38.4 Å². The van der Waals surface area contributed by atoms with Crippen molar-refractivity contribution in [2.24, 2.45) is 5.84 Å². The minimum atomic E-state index is -0.497. The number of hydrogen-bond acceptors (Lipinski definition) is 5. The topological polar surface area (TPSA) is 76.8 Å². The highest BCUT2D eigenvalue weighted by Crippen LogP contribution is 2.37. The number of nitrogens with zero attached hydrogens (tertiary/aromatic N) is 1. The predicted octanol–water partition coefficient (Wildman–Crippen LogP) is 0.902. The molecular formula is C14H19N3O3. The van der Waals surface area contributed by atoms with E-state index in [4.69, 9.17) is 15.3 Å². The van der Waals surface area contributed by atoms with Crippen LogP contribution in [0.4, 0.5) is 5.69 Å². The zero-order valence-electron chi connectivity index (χ0n) is 11.5. The van der Waals surface area contributed by atoms with Crippen LogP contribution in [-0.4, -0.2) is 24.8 Å². The van der Waals surface area contributed by atoms with Crippen molar-refractivity contribution in [1.82, 2.24) is 5.32 Å². The highest BCUT2D eigenvalue weighted by atomic mass is 16.7. The number of amides is 1. The van der Waals surface area contributed by atoms with Gasteiger partial charge in [0.05, 0.1) is 12.3 Å².